The number of hydrogen-bond donors (Lipinski definition) is 1. The minimum atomic E-state index is -1.06. The Labute approximate surface area is 110 Å². The van der Waals surface area contributed by atoms with Gasteiger partial charge in [0.05, 0.1) is 12.2 Å². The van der Waals surface area contributed by atoms with Crippen molar-refractivity contribution in [3.8, 4) is 0 Å². The third-order valence-corrected chi connectivity index (χ3v) is 1.92. The lowest BCUT2D eigenvalue weighted by Crippen LogP contribution is -2.13. The van der Waals surface area contributed by atoms with Crippen LogP contribution in [0.2, 0.25) is 0 Å². The molecule has 0 fully saturated rings. The van der Waals surface area contributed by atoms with E-state index < -0.39 is 12.1 Å². The van der Waals surface area contributed by atoms with Crippen molar-refractivity contribution >= 4 is 30.2 Å². The molecule has 2 N–H and O–H groups in total. The Morgan fingerprint density at radius 3 is 2.50 bits per heavy atom. The van der Waals surface area contributed by atoms with Crippen LogP contribution in [-0.4, -0.2) is 18.7 Å². The molecule has 0 atom stereocenters. The number of nitrogens with two attached hydrogens (primary N) is 1. The predicted octanol–water partition coefficient (Wildman–Crippen LogP) is 2.24. The van der Waals surface area contributed by atoms with E-state index in [0.717, 1.165) is 0 Å². The topological polar surface area (TPSA) is 87.9 Å². The van der Waals surface area contributed by atoms with Crippen LogP contribution < -0.4 is 5.73 Å². The summed E-state index contributed by atoms with van der Waals surface area (Å²) in [5, 5.41) is 0. The Balaban J connectivity index is 0.00000289. The van der Waals surface area contributed by atoms with E-state index in [4.69, 9.17) is 5.73 Å². The molecule has 0 heterocycles. The van der Waals surface area contributed by atoms with Gasteiger partial charge in [-0.2, -0.15) is 4.79 Å². The second kappa shape index (κ2) is 7.39. The fraction of sp³-hybridized carbons (Fsp3) is 0.273. The molecular weight excluding hydrogens is 262 g/mol. The summed E-state index contributed by atoms with van der Waals surface area (Å²) in [4.78, 5) is 30.7. The van der Waals surface area contributed by atoms with Crippen molar-refractivity contribution in [2.24, 2.45) is 0 Å². The summed E-state index contributed by atoms with van der Waals surface area (Å²) in [6.45, 7) is 3.43. The first-order valence-electron chi connectivity index (χ1n) is 4.96. The number of nitrogen functional groups attached to an aromatic ring is 1. The molecule has 0 bridgehead atoms. The molecule has 18 heavy (non-hydrogen) atoms. The van der Waals surface area contributed by atoms with Crippen molar-refractivity contribution in [2.45, 2.75) is 13.8 Å². The normalized spacial score (nSPS) is 9.00. The van der Waals surface area contributed by atoms with E-state index in [2.05, 4.69) is 14.5 Å². The van der Waals surface area contributed by atoms with Gasteiger partial charge in [-0.05, 0) is 37.6 Å². The third kappa shape index (κ3) is 4.50. The van der Waals surface area contributed by atoms with E-state index in [9.17, 15) is 9.59 Å². The molecule has 0 amide bonds. The number of anilines is 1. The quantitative estimate of drug-likeness (QED) is 0.385. The fourth-order valence-corrected chi connectivity index (χ4v) is 1.17. The average molecular weight is 276 g/mol. The van der Waals surface area contributed by atoms with Crippen molar-refractivity contribution < 1.29 is 24.1 Å². The second-order valence-corrected chi connectivity index (χ2v) is 3.21. The number of rotatable bonds is 2. The number of carbonyl (C=O) groups excluding carboxylic acids is 2. The summed E-state index contributed by atoms with van der Waals surface area (Å²) in [6, 6.07) is 4.65. The lowest BCUT2D eigenvalue weighted by Gasteiger charge is -2.05. The molecule has 0 aromatic heterocycles. The first kappa shape index (κ1) is 16.1. The van der Waals surface area contributed by atoms with Crippen LogP contribution in [0.1, 0.15) is 22.8 Å². The van der Waals surface area contributed by atoms with Gasteiger partial charge in [0.1, 0.15) is 0 Å². The number of ether oxygens (including phenoxy) is 1. The number of halogens is 1. The summed E-state index contributed by atoms with van der Waals surface area (Å²) < 4.78 is 4.42. The summed E-state index contributed by atoms with van der Waals surface area (Å²) in [5.41, 5.74) is 6.96. The average Bonchev–Trinajstić information content (AvgIpc) is 2.26. The maximum absolute atomic E-state index is 11.5. The molecule has 0 saturated heterocycles. The fourth-order valence-electron chi connectivity index (χ4n) is 1.17. The van der Waals surface area contributed by atoms with E-state index in [1.807, 2.05) is 0 Å². The molecule has 0 aliphatic rings. The molecule has 0 saturated carbocycles. The minimum Gasteiger partial charge on any atom is -0.432 e. The Bertz CT molecular complexity index is 435. The highest BCUT2D eigenvalue weighted by atomic mass is 35.5. The van der Waals surface area contributed by atoms with Crippen molar-refractivity contribution in [3.63, 3.8) is 0 Å². The van der Waals surface area contributed by atoms with Gasteiger partial charge in [-0.3, -0.25) is 0 Å². The lowest BCUT2D eigenvalue weighted by atomic mass is 10.1. The van der Waals surface area contributed by atoms with Crippen LogP contribution in [0.25, 0.3) is 0 Å². The van der Waals surface area contributed by atoms with Crippen molar-refractivity contribution in [2.75, 3.05) is 12.3 Å². The Kier molecular flexibility index (Phi) is 6.59. The molecule has 1 rings (SSSR count). The smallest absolute Gasteiger partial charge is 0.432 e. The SMILES string of the molecule is CCOC(=O)OOC(=O)c1ccc(N)cc1C.Cl. The van der Waals surface area contributed by atoms with E-state index in [-0.39, 0.29) is 24.6 Å². The molecule has 1 aromatic rings. The van der Waals surface area contributed by atoms with Gasteiger partial charge in [-0.25, -0.2) is 14.6 Å². The molecule has 100 valence electrons. The predicted molar refractivity (Wildman–Crippen MR) is 66.4 cm³/mol. The van der Waals surface area contributed by atoms with Crippen molar-refractivity contribution in [3.05, 3.63) is 29.3 Å². The summed E-state index contributed by atoms with van der Waals surface area (Å²) in [7, 11) is 0. The van der Waals surface area contributed by atoms with Crippen LogP contribution in [0.4, 0.5) is 10.5 Å². The number of aryl methyl sites for hydroxylation is 1. The van der Waals surface area contributed by atoms with Crippen LogP contribution in [0.5, 0.6) is 0 Å². The highest BCUT2D eigenvalue weighted by Gasteiger charge is 2.14. The monoisotopic (exact) mass is 275 g/mol. The molecule has 0 aliphatic heterocycles. The highest BCUT2D eigenvalue weighted by Crippen LogP contribution is 2.13. The first-order valence-corrected chi connectivity index (χ1v) is 4.96. The number of hydrogen-bond acceptors (Lipinski definition) is 6. The highest BCUT2D eigenvalue weighted by molar-refractivity contribution is 5.91. The minimum absolute atomic E-state index is 0. The molecule has 0 unspecified atom stereocenters. The number of benzene rings is 1. The zero-order valence-electron chi connectivity index (χ0n) is 9.97. The molecule has 0 spiro atoms. The van der Waals surface area contributed by atoms with Crippen LogP contribution in [0, 0.1) is 6.92 Å². The van der Waals surface area contributed by atoms with Gasteiger partial charge < -0.3 is 10.5 Å². The van der Waals surface area contributed by atoms with E-state index in [1.54, 1.807) is 26.0 Å². The largest absolute Gasteiger partial charge is 0.549 e. The van der Waals surface area contributed by atoms with E-state index in [1.165, 1.54) is 6.07 Å². The Hall–Kier alpha value is -1.95. The number of carbonyl (C=O) groups is 2. The molecule has 0 radical (unpaired) electrons. The van der Waals surface area contributed by atoms with Crippen LogP contribution in [0.15, 0.2) is 18.2 Å². The Morgan fingerprint density at radius 1 is 1.28 bits per heavy atom. The summed E-state index contributed by atoms with van der Waals surface area (Å²) in [6.07, 6.45) is -1.06. The van der Waals surface area contributed by atoms with Gasteiger partial charge in [0.15, 0.2) is 0 Å². The summed E-state index contributed by atoms with van der Waals surface area (Å²) in [5.74, 6) is -0.782. The molecule has 7 heteroatoms. The third-order valence-electron chi connectivity index (χ3n) is 1.92. The second-order valence-electron chi connectivity index (χ2n) is 3.21. The standard InChI is InChI=1S/C11H13NO5.ClH/c1-3-15-11(14)17-16-10(13)9-5-4-8(12)6-7(9)2;/h4-6H,3,12H2,1-2H3;1H. The summed E-state index contributed by atoms with van der Waals surface area (Å²) >= 11 is 0. The molecular formula is C11H14ClNO5. The van der Waals surface area contributed by atoms with Gasteiger partial charge in [-0.1, -0.05) is 0 Å². The molecule has 6 nitrogen and oxygen atoms in total. The van der Waals surface area contributed by atoms with Crippen LogP contribution in [0.3, 0.4) is 0 Å². The van der Waals surface area contributed by atoms with Crippen LogP contribution >= 0.6 is 12.4 Å². The van der Waals surface area contributed by atoms with Gasteiger partial charge in [0, 0.05) is 5.69 Å². The Morgan fingerprint density at radius 2 is 1.94 bits per heavy atom. The lowest BCUT2D eigenvalue weighted by molar-refractivity contribution is -0.202. The zero-order chi connectivity index (χ0) is 12.8. The first-order chi connectivity index (χ1) is 8.04. The van der Waals surface area contributed by atoms with E-state index >= 15 is 0 Å². The maximum Gasteiger partial charge on any atom is 0.549 e. The van der Waals surface area contributed by atoms with Gasteiger partial charge >= 0.3 is 12.1 Å². The van der Waals surface area contributed by atoms with Gasteiger partial charge in [0.25, 0.3) is 0 Å². The van der Waals surface area contributed by atoms with Crippen molar-refractivity contribution in [1.29, 1.82) is 0 Å². The van der Waals surface area contributed by atoms with Gasteiger partial charge in [-0.15, -0.1) is 12.4 Å². The van der Waals surface area contributed by atoms with Crippen molar-refractivity contribution in [1.82, 2.24) is 0 Å². The van der Waals surface area contributed by atoms with Crippen LogP contribution in [-0.2, 0) is 14.5 Å². The van der Waals surface area contributed by atoms with E-state index in [0.29, 0.717) is 11.3 Å². The zero-order valence-corrected chi connectivity index (χ0v) is 10.8. The maximum atomic E-state index is 11.5. The molecule has 0 aliphatic carbocycles. The molecule has 1 aromatic carbocycles. The van der Waals surface area contributed by atoms with Gasteiger partial charge in [0.2, 0.25) is 0 Å².